The Morgan fingerprint density at radius 3 is 2.26 bits per heavy atom. The molecule has 10 heteroatoms. The summed E-state index contributed by atoms with van der Waals surface area (Å²) in [6.45, 7) is 8.79. The second-order valence-corrected chi connectivity index (χ2v) is 14.4. The number of fused-ring (bicyclic) bond motifs is 1. The topological polar surface area (TPSA) is 81.2 Å². The van der Waals surface area contributed by atoms with E-state index in [9.17, 15) is 19.5 Å². The fourth-order valence-electron chi connectivity index (χ4n) is 6.96. The number of aliphatic hydroxyl groups is 1. The number of alkyl halides is 1. The van der Waals surface area contributed by atoms with Gasteiger partial charge in [0.05, 0.1) is 16.6 Å². The molecule has 5 rings (SSSR count). The predicted octanol–water partition coefficient (Wildman–Crippen LogP) is 5.71. The van der Waals surface area contributed by atoms with Crippen molar-refractivity contribution in [2.24, 2.45) is 11.8 Å². The number of amides is 3. The number of nitrogens with zero attached hydrogens (tertiary/aromatic N) is 3. The molecule has 0 aromatic heterocycles. The molecule has 228 valence electrons. The first kappa shape index (κ1) is 31.8. The van der Waals surface area contributed by atoms with Crippen LogP contribution in [0.25, 0.3) is 0 Å². The van der Waals surface area contributed by atoms with Crippen LogP contribution in [0.4, 0.5) is 11.4 Å². The van der Waals surface area contributed by atoms with E-state index in [0.29, 0.717) is 43.1 Å². The van der Waals surface area contributed by atoms with Crippen LogP contribution in [0.15, 0.2) is 79.9 Å². The van der Waals surface area contributed by atoms with Crippen LogP contribution in [0.2, 0.25) is 5.02 Å². The van der Waals surface area contributed by atoms with E-state index in [4.69, 9.17) is 11.6 Å². The van der Waals surface area contributed by atoms with Crippen molar-refractivity contribution in [2.45, 2.75) is 46.5 Å². The van der Waals surface area contributed by atoms with Gasteiger partial charge in [-0.1, -0.05) is 57.9 Å². The van der Waals surface area contributed by atoms with Gasteiger partial charge in [-0.05, 0) is 62.1 Å². The van der Waals surface area contributed by atoms with Gasteiger partial charge < -0.3 is 19.8 Å². The standard InChI is InChI=1S/C33H37BrClN3O4S/c1-3-17-36(23-11-7-5-8-12-23)30(40)26-27-31(41)38(19-9-6-10-20-39)29(33(27)21-25(34)28(26)43-33)32(42)37(18-4-2)24-15-13-22(35)14-16-24/h3-5,7-8,11-16,25-29,39H,1-2,6,9-10,17-21H2/t25?,26-,27-,28-,29?,33?/m0/s1. The van der Waals surface area contributed by atoms with E-state index in [1.807, 2.05) is 30.3 Å². The fraction of sp³-hybridized carbons (Fsp3) is 0.424. The summed E-state index contributed by atoms with van der Waals surface area (Å²) < 4.78 is -0.771. The van der Waals surface area contributed by atoms with Gasteiger partial charge in [-0.15, -0.1) is 24.9 Å². The maximum Gasteiger partial charge on any atom is 0.251 e. The average Bonchev–Trinajstić information content (AvgIpc) is 3.60. The van der Waals surface area contributed by atoms with E-state index < -0.39 is 22.6 Å². The number of carbonyl (C=O) groups is 3. The number of hydrogen-bond acceptors (Lipinski definition) is 5. The number of rotatable bonds is 13. The van der Waals surface area contributed by atoms with Crippen LogP contribution in [0.5, 0.6) is 0 Å². The Bertz CT molecular complexity index is 1360. The van der Waals surface area contributed by atoms with E-state index >= 15 is 0 Å². The van der Waals surface area contributed by atoms with Crippen LogP contribution < -0.4 is 9.80 Å². The van der Waals surface area contributed by atoms with Crippen molar-refractivity contribution in [3.8, 4) is 0 Å². The highest BCUT2D eigenvalue weighted by Crippen LogP contribution is 2.68. The quantitative estimate of drug-likeness (QED) is 0.166. The first-order valence-corrected chi connectivity index (χ1v) is 16.8. The minimum Gasteiger partial charge on any atom is -0.396 e. The summed E-state index contributed by atoms with van der Waals surface area (Å²) in [5, 5.41) is 9.74. The molecule has 1 spiro atoms. The van der Waals surface area contributed by atoms with E-state index in [0.717, 1.165) is 12.1 Å². The van der Waals surface area contributed by atoms with Gasteiger partial charge in [-0.25, -0.2) is 0 Å². The van der Waals surface area contributed by atoms with Crippen LogP contribution in [-0.2, 0) is 14.4 Å². The molecule has 3 aliphatic rings. The third-order valence-corrected chi connectivity index (χ3v) is 12.2. The largest absolute Gasteiger partial charge is 0.396 e. The van der Waals surface area contributed by atoms with Crippen molar-refractivity contribution in [1.82, 2.24) is 4.90 Å². The summed E-state index contributed by atoms with van der Waals surface area (Å²) >= 11 is 11.7. The number of anilines is 2. The maximum absolute atomic E-state index is 14.7. The predicted molar refractivity (Wildman–Crippen MR) is 178 cm³/mol. The summed E-state index contributed by atoms with van der Waals surface area (Å²) in [4.78, 5) is 48.7. The Morgan fingerprint density at radius 2 is 1.63 bits per heavy atom. The van der Waals surface area contributed by atoms with Gasteiger partial charge in [0.1, 0.15) is 6.04 Å². The summed E-state index contributed by atoms with van der Waals surface area (Å²) in [5.74, 6) is -1.69. The van der Waals surface area contributed by atoms with Gasteiger partial charge in [-0.3, -0.25) is 14.4 Å². The zero-order valence-corrected chi connectivity index (χ0v) is 27.1. The van der Waals surface area contributed by atoms with Crippen molar-refractivity contribution in [1.29, 1.82) is 0 Å². The van der Waals surface area contributed by atoms with Crippen molar-refractivity contribution < 1.29 is 19.5 Å². The van der Waals surface area contributed by atoms with Gasteiger partial charge >= 0.3 is 0 Å². The van der Waals surface area contributed by atoms with Crippen molar-refractivity contribution in [3.63, 3.8) is 0 Å². The van der Waals surface area contributed by atoms with Gasteiger partial charge in [0.25, 0.3) is 5.91 Å². The number of thioether (sulfide) groups is 1. The second kappa shape index (κ2) is 13.6. The molecule has 2 aromatic rings. The number of para-hydroxylation sites is 1. The summed E-state index contributed by atoms with van der Waals surface area (Å²) in [7, 11) is 0. The number of hydrogen-bond donors (Lipinski definition) is 1. The molecule has 3 fully saturated rings. The number of carbonyl (C=O) groups excluding carboxylic acids is 3. The maximum atomic E-state index is 14.7. The molecule has 2 aromatic carbocycles. The molecular weight excluding hydrogens is 650 g/mol. The highest BCUT2D eigenvalue weighted by atomic mass is 79.9. The molecule has 6 atom stereocenters. The zero-order chi connectivity index (χ0) is 30.7. The molecule has 0 aliphatic carbocycles. The lowest BCUT2D eigenvalue weighted by atomic mass is 9.70. The van der Waals surface area contributed by atoms with Gasteiger partial charge in [0.2, 0.25) is 11.8 Å². The molecule has 3 unspecified atom stereocenters. The Labute approximate surface area is 271 Å². The van der Waals surface area contributed by atoms with Crippen LogP contribution in [0.3, 0.4) is 0 Å². The van der Waals surface area contributed by atoms with Gasteiger partial charge in [-0.2, -0.15) is 0 Å². The second-order valence-electron chi connectivity index (χ2n) is 11.3. The fourth-order valence-corrected chi connectivity index (χ4v) is 10.7. The molecule has 43 heavy (non-hydrogen) atoms. The number of halogens is 2. The van der Waals surface area contributed by atoms with Crippen molar-refractivity contribution in [2.75, 3.05) is 36.0 Å². The Balaban J connectivity index is 1.56. The number of benzene rings is 2. The molecule has 3 amide bonds. The molecule has 2 bridgehead atoms. The van der Waals surface area contributed by atoms with Crippen LogP contribution >= 0.6 is 39.3 Å². The van der Waals surface area contributed by atoms with E-state index in [1.54, 1.807) is 62.9 Å². The normalized spacial score (nSPS) is 27.2. The third-order valence-electron chi connectivity index (χ3n) is 8.73. The molecule has 3 heterocycles. The van der Waals surface area contributed by atoms with Crippen molar-refractivity contribution >= 4 is 68.4 Å². The molecule has 3 saturated heterocycles. The minimum atomic E-state index is -0.771. The Hall–Kier alpha value is -2.59. The lowest BCUT2D eigenvalue weighted by Crippen LogP contribution is -2.56. The minimum absolute atomic E-state index is 0.0371. The van der Waals surface area contributed by atoms with Crippen LogP contribution in [0, 0.1) is 11.8 Å². The molecule has 7 nitrogen and oxygen atoms in total. The smallest absolute Gasteiger partial charge is 0.251 e. The summed E-state index contributed by atoms with van der Waals surface area (Å²) in [6, 6.07) is 15.8. The zero-order valence-electron chi connectivity index (χ0n) is 24.0. The lowest BCUT2D eigenvalue weighted by molar-refractivity contribution is -0.139. The van der Waals surface area contributed by atoms with E-state index in [2.05, 4.69) is 29.1 Å². The van der Waals surface area contributed by atoms with Crippen LogP contribution in [0.1, 0.15) is 25.7 Å². The average molecular weight is 687 g/mol. The molecule has 3 aliphatic heterocycles. The molecular formula is C33H37BrClN3O4S. The summed E-state index contributed by atoms with van der Waals surface area (Å²) in [6.07, 6.45) is 5.97. The van der Waals surface area contributed by atoms with E-state index in [1.165, 1.54) is 0 Å². The Morgan fingerprint density at radius 1 is 1.00 bits per heavy atom. The van der Waals surface area contributed by atoms with Gasteiger partial charge in [0.15, 0.2) is 0 Å². The highest BCUT2D eigenvalue weighted by molar-refractivity contribution is 9.09. The van der Waals surface area contributed by atoms with Crippen molar-refractivity contribution in [3.05, 3.63) is 84.9 Å². The van der Waals surface area contributed by atoms with Crippen LogP contribution in [-0.4, -0.2) is 74.8 Å². The monoisotopic (exact) mass is 685 g/mol. The molecule has 0 radical (unpaired) electrons. The molecule has 1 N–H and O–H groups in total. The summed E-state index contributed by atoms with van der Waals surface area (Å²) in [5.41, 5.74) is 1.42. The number of aliphatic hydroxyl groups excluding tert-OH is 1. The number of unbranched alkanes of at least 4 members (excludes halogenated alkanes) is 2. The molecule has 0 saturated carbocycles. The van der Waals surface area contributed by atoms with E-state index in [-0.39, 0.29) is 41.0 Å². The third kappa shape index (κ3) is 5.81. The SMILES string of the molecule is C=CCN(C(=O)C1N(CCCCCO)C(=O)[C@@H]2[C@H](C(=O)N(CC=C)c3ccccc3)[C@H]3SC12CC3Br)c1ccc(Cl)cc1. The van der Waals surface area contributed by atoms with Gasteiger partial charge in [0, 0.05) is 52.7 Å². The number of likely N-dealkylation sites (tertiary alicyclic amines) is 1. The lowest BCUT2D eigenvalue weighted by Gasteiger charge is -2.38. The highest BCUT2D eigenvalue weighted by Gasteiger charge is 2.76. The Kier molecular flexibility index (Phi) is 10.1. The first-order chi connectivity index (χ1) is 20.8. The first-order valence-electron chi connectivity index (χ1n) is 14.7.